The van der Waals surface area contributed by atoms with E-state index in [1.54, 1.807) is 14.0 Å². The first-order valence-corrected chi connectivity index (χ1v) is 9.28. The van der Waals surface area contributed by atoms with Gasteiger partial charge in [0.15, 0.2) is 0 Å². The standard InChI is InChI=1S/C21H25ClN2O2/c1-14(23-15(2)25)17-6-4-16(5-7-17)12-24-11-10-19-18(13-24)8-9-20(26-3)21(19)22/h4-9,14H,10-13H2,1-3H3,(H,23,25). The number of carbonyl (C=O) groups is 1. The summed E-state index contributed by atoms with van der Waals surface area (Å²) in [6.45, 7) is 6.31. The fraction of sp³-hybridized carbons (Fsp3) is 0.381. The Kier molecular flexibility index (Phi) is 5.84. The van der Waals surface area contributed by atoms with Gasteiger partial charge in [-0.15, -0.1) is 0 Å². The molecule has 0 saturated carbocycles. The number of fused-ring (bicyclic) bond motifs is 1. The lowest BCUT2D eigenvalue weighted by molar-refractivity contribution is -0.119. The zero-order chi connectivity index (χ0) is 18.7. The topological polar surface area (TPSA) is 41.6 Å². The molecule has 138 valence electrons. The molecule has 4 nitrogen and oxygen atoms in total. The van der Waals surface area contributed by atoms with Gasteiger partial charge in [0.1, 0.15) is 5.75 Å². The van der Waals surface area contributed by atoms with Crippen molar-refractivity contribution in [3.8, 4) is 5.75 Å². The monoisotopic (exact) mass is 372 g/mol. The molecule has 0 bridgehead atoms. The van der Waals surface area contributed by atoms with E-state index in [9.17, 15) is 4.79 Å². The molecule has 3 rings (SSSR count). The molecule has 1 heterocycles. The molecular formula is C21H25ClN2O2. The third kappa shape index (κ3) is 4.19. The van der Waals surface area contributed by atoms with Crippen molar-refractivity contribution in [1.29, 1.82) is 0 Å². The molecule has 5 heteroatoms. The summed E-state index contributed by atoms with van der Waals surface area (Å²) in [6.07, 6.45) is 0.934. The molecule has 1 aliphatic rings. The molecule has 0 radical (unpaired) electrons. The van der Waals surface area contributed by atoms with E-state index in [0.717, 1.165) is 42.4 Å². The van der Waals surface area contributed by atoms with Crippen LogP contribution in [0, 0.1) is 0 Å². The number of carbonyl (C=O) groups excluding carboxylic acids is 1. The van der Waals surface area contributed by atoms with Crippen molar-refractivity contribution in [3.63, 3.8) is 0 Å². The highest BCUT2D eigenvalue weighted by atomic mass is 35.5. The van der Waals surface area contributed by atoms with Crippen molar-refractivity contribution in [2.24, 2.45) is 0 Å². The highest BCUT2D eigenvalue weighted by Crippen LogP contribution is 2.34. The smallest absolute Gasteiger partial charge is 0.217 e. The van der Waals surface area contributed by atoms with Gasteiger partial charge >= 0.3 is 0 Å². The molecule has 0 saturated heterocycles. The third-order valence-corrected chi connectivity index (χ3v) is 5.32. The Bertz CT molecular complexity index is 789. The molecule has 1 amide bonds. The highest BCUT2D eigenvalue weighted by Gasteiger charge is 2.20. The Morgan fingerprint density at radius 1 is 1.27 bits per heavy atom. The average Bonchev–Trinajstić information content (AvgIpc) is 2.62. The summed E-state index contributed by atoms with van der Waals surface area (Å²) in [4.78, 5) is 13.6. The van der Waals surface area contributed by atoms with Crippen molar-refractivity contribution in [3.05, 3.63) is 63.7 Å². The van der Waals surface area contributed by atoms with Crippen LogP contribution in [-0.2, 0) is 24.3 Å². The molecule has 1 unspecified atom stereocenters. The summed E-state index contributed by atoms with van der Waals surface area (Å²) in [5, 5.41) is 3.66. The summed E-state index contributed by atoms with van der Waals surface area (Å²) in [7, 11) is 1.65. The zero-order valence-electron chi connectivity index (χ0n) is 15.5. The van der Waals surface area contributed by atoms with Crippen LogP contribution < -0.4 is 10.1 Å². The summed E-state index contributed by atoms with van der Waals surface area (Å²) < 4.78 is 5.32. The molecule has 1 N–H and O–H groups in total. The van der Waals surface area contributed by atoms with Crippen LogP contribution in [0.1, 0.15) is 42.1 Å². The van der Waals surface area contributed by atoms with Gasteiger partial charge in [0.2, 0.25) is 5.91 Å². The number of ether oxygens (including phenoxy) is 1. The second kappa shape index (κ2) is 8.11. The van der Waals surface area contributed by atoms with E-state index in [2.05, 4.69) is 40.5 Å². The fourth-order valence-electron chi connectivity index (χ4n) is 3.50. The maximum atomic E-state index is 11.2. The van der Waals surface area contributed by atoms with Crippen molar-refractivity contribution in [2.75, 3.05) is 13.7 Å². The van der Waals surface area contributed by atoms with E-state index >= 15 is 0 Å². The van der Waals surface area contributed by atoms with E-state index in [-0.39, 0.29) is 11.9 Å². The molecule has 1 aliphatic heterocycles. The Morgan fingerprint density at radius 2 is 2.00 bits per heavy atom. The van der Waals surface area contributed by atoms with Gasteiger partial charge in [-0.1, -0.05) is 41.9 Å². The molecule has 2 aromatic rings. The van der Waals surface area contributed by atoms with Crippen LogP contribution in [-0.4, -0.2) is 24.5 Å². The van der Waals surface area contributed by atoms with Gasteiger partial charge in [0.25, 0.3) is 0 Å². The van der Waals surface area contributed by atoms with Gasteiger partial charge in [0.05, 0.1) is 18.2 Å². The molecular weight excluding hydrogens is 348 g/mol. The number of methoxy groups -OCH3 is 1. The minimum absolute atomic E-state index is 0.0103. The Balaban J connectivity index is 1.65. The minimum atomic E-state index is -0.0103. The summed E-state index contributed by atoms with van der Waals surface area (Å²) in [5.41, 5.74) is 4.87. The third-order valence-electron chi connectivity index (χ3n) is 4.90. The maximum Gasteiger partial charge on any atom is 0.217 e. The molecule has 0 fully saturated rings. The number of hydrogen-bond acceptors (Lipinski definition) is 3. The maximum absolute atomic E-state index is 11.2. The van der Waals surface area contributed by atoms with E-state index in [1.807, 2.05) is 13.0 Å². The predicted octanol–water partition coefficient (Wildman–Crippen LogP) is 4.10. The fourth-order valence-corrected chi connectivity index (χ4v) is 3.85. The van der Waals surface area contributed by atoms with E-state index in [1.165, 1.54) is 16.7 Å². The number of nitrogens with zero attached hydrogens (tertiary/aromatic N) is 1. The van der Waals surface area contributed by atoms with Gasteiger partial charge < -0.3 is 10.1 Å². The first-order valence-electron chi connectivity index (χ1n) is 8.90. The van der Waals surface area contributed by atoms with Crippen LogP contribution in [0.25, 0.3) is 0 Å². The normalized spacial score (nSPS) is 15.2. The van der Waals surface area contributed by atoms with Crippen molar-refractivity contribution < 1.29 is 9.53 Å². The van der Waals surface area contributed by atoms with Crippen molar-refractivity contribution in [2.45, 2.75) is 39.4 Å². The van der Waals surface area contributed by atoms with Gasteiger partial charge in [-0.2, -0.15) is 0 Å². The van der Waals surface area contributed by atoms with Gasteiger partial charge in [-0.05, 0) is 41.7 Å². The number of nitrogens with one attached hydrogen (secondary N) is 1. The molecule has 0 aromatic heterocycles. The Hall–Kier alpha value is -2.04. The SMILES string of the molecule is COc1ccc2c(c1Cl)CCN(Cc1ccc(C(C)NC(C)=O)cc1)C2. The zero-order valence-corrected chi connectivity index (χ0v) is 16.3. The molecule has 0 spiro atoms. The average molecular weight is 373 g/mol. The number of halogens is 1. The number of benzene rings is 2. The van der Waals surface area contributed by atoms with Crippen molar-refractivity contribution in [1.82, 2.24) is 10.2 Å². The highest BCUT2D eigenvalue weighted by molar-refractivity contribution is 6.33. The van der Waals surface area contributed by atoms with Crippen LogP contribution in [0.4, 0.5) is 0 Å². The summed E-state index contributed by atoms with van der Waals surface area (Å²) in [5.74, 6) is 0.742. The number of hydrogen-bond donors (Lipinski definition) is 1. The molecule has 0 aliphatic carbocycles. The quantitative estimate of drug-likeness (QED) is 0.858. The van der Waals surface area contributed by atoms with Gasteiger partial charge in [-0.25, -0.2) is 0 Å². The van der Waals surface area contributed by atoms with Gasteiger partial charge in [-0.3, -0.25) is 9.69 Å². The Morgan fingerprint density at radius 3 is 2.65 bits per heavy atom. The molecule has 2 aromatic carbocycles. The lowest BCUT2D eigenvalue weighted by Crippen LogP contribution is -2.30. The molecule has 1 atom stereocenters. The second-order valence-electron chi connectivity index (χ2n) is 6.84. The van der Waals surface area contributed by atoms with E-state index in [4.69, 9.17) is 16.3 Å². The minimum Gasteiger partial charge on any atom is -0.495 e. The van der Waals surface area contributed by atoms with Gasteiger partial charge in [0, 0.05) is 26.6 Å². The largest absolute Gasteiger partial charge is 0.495 e. The Labute approximate surface area is 160 Å². The second-order valence-corrected chi connectivity index (χ2v) is 7.22. The van der Waals surface area contributed by atoms with Crippen LogP contribution in [0.3, 0.4) is 0 Å². The summed E-state index contributed by atoms with van der Waals surface area (Å²) in [6, 6.07) is 12.6. The lowest BCUT2D eigenvalue weighted by Gasteiger charge is -2.30. The van der Waals surface area contributed by atoms with E-state index in [0.29, 0.717) is 0 Å². The predicted molar refractivity (Wildman–Crippen MR) is 104 cm³/mol. The number of amides is 1. The van der Waals surface area contributed by atoms with Crippen molar-refractivity contribution >= 4 is 17.5 Å². The summed E-state index contributed by atoms with van der Waals surface area (Å²) >= 11 is 6.44. The van der Waals surface area contributed by atoms with E-state index < -0.39 is 0 Å². The van der Waals surface area contributed by atoms with Crippen LogP contribution in [0.15, 0.2) is 36.4 Å². The first-order chi connectivity index (χ1) is 12.5. The molecule has 26 heavy (non-hydrogen) atoms. The first kappa shape index (κ1) is 18.7. The lowest BCUT2D eigenvalue weighted by atomic mass is 9.98. The van der Waals surface area contributed by atoms with Crippen LogP contribution in [0.2, 0.25) is 5.02 Å². The van der Waals surface area contributed by atoms with Crippen LogP contribution in [0.5, 0.6) is 5.75 Å². The van der Waals surface area contributed by atoms with Crippen LogP contribution >= 0.6 is 11.6 Å². The number of rotatable bonds is 5.